The molecule has 0 saturated heterocycles. The van der Waals surface area contributed by atoms with Crippen LogP contribution in [0.15, 0.2) is 0 Å². The normalized spacial score (nSPS) is 16.4. The fourth-order valence-corrected chi connectivity index (χ4v) is 1.49. The van der Waals surface area contributed by atoms with Crippen LogP contribution in [0, 0.1) is 5.41 Å². The average Bonchev–Trinajstić information content (AvgIpc) is 2.11. The predicted molar refractivity (Wildman–Crippen MR) is 72.2 cm³/mol. The number of amides is 1. The highest BCUT2D eigenvalue weighted by molar-refractivity contribution is 5.80. The summed E-state index contributed by atoms with van der Waals surface area (Å²) in [7, 11) is 0. The zero-order valence-electron chi connectivity index (χ0n) is 12.4. The van der Waals surface area contributed by atoms with Gasteiger partial charge < -0.3 is 20.9 Å². The Morgan fingerprint density at radius 2 is 1.78 bits per heavy atom. The summed E-state index contributed by atoms with van der Waals surface area (Å²) >= 11 is 0. The minimum atomic E-state index is -0.659. The number of carbonyl (C=O) groups is 1. The van der Waals surface area contributed by atoms with E-state index in [1.807, 2.05) is 41.5 Å². The SMILES string of the molecule is CC(C)(C)OCC(O)CN[C@H](C(N)=O)C(C)(C)C. The molecule has 0 bridgehead atoms. The van der Waals surface area contributed by atoms with Gasteiger partial charge in [-0.05, 0) is 26.2 Å². The van der Waals surface area contributed by atoms with E-state index in [-0.39, 0.29) is 24.2 Å². The van der Waals surface area contributed by atoms with Gasteiger partial charge in [0.15, 0.2) is 0 Å². The molecule has 4 N–H and O–H groups in total. The van der Waals surface area contributed by atoms with Gasteiger partial charge >= 0.3 is 0 Å². The minimum Gasteiger partial charge on any atom is -0.389 e. The van der Waals surface area contributed by atoms with E-state index in [0.717, 1.165) is 0 Å². The van der Waals surface area contributed by atoms with E-state index in [4.69, 9.17) is 10.5 Å². The van der Waals surface area contributed by atoms with E-state index in [2.05, 4.69) is 5.32 Å². The van der Waals surface area contributed by atoms with E-state index in [1.165, 1.54) is 0 Å². The highest BCUT2D eigenvalue weighted by atomic mass is 16.5. The number of carbonyl (C=O) groups excluding carboxylic acids is 1. The molecule has 5 heteroatoms. The third kappa shape index (κ3) is 7.63. The fourth-order valence-electron chi connectivity index (χ4n) is 1.49. The third-order valence-electron chi connectivity index (χ3n) is 2.42. The van der Waals surface area contributed by atoms with E-state index >= 15 is 0 Å². The maximum Gasteiger partial charge on any atom is 0.235 e. The molecule has 1 amide bonds. The van der Waals surface area contributed by atoms with Gasteiger partial charge in [0.05, 0.1) is 24.4 Å². The number of nitrogens with one attached hydrogen (secondary N) is 1. The quantitative estimate of drug-likeness (QED) is 0.655. The van der Waals surface area contributed by atoms with Crippen LogP contribution in [-0.2, 0) is 9.53 Å². The summed E-state index contributed by atoms with van der Waals surface area (Å²) in [6.45, 7) is 12.1. The van der Waals surface area contributed by atoms with Crippen molar-refractivity contribution in [1.82, 2.24) is 5.32 Å². The van der Waals surface area contributed by atoms with Crippen molar-refractivity contribution in [3.05, 3.63) is 0 Å². The molecule has 0 fully saturated rings. The van der Waals surface area contributed by atoms with Crippen LogP contribution in [0.2, 0.25) is 0 Å². The summed E-state index contributed by atoms with van der Waals surface area (Å²) in [6, 6.07) is -0.471. The van der Waals surface area contributed by atoms with Crippen molar-refractivity contribution in [2.24, 2.45) is 11.1 Å². The largest absolute Gasteiger partial charge is 0.389 e. The molecule has 0 spiro atoms. The molecule has 0 radical (unpaired) electrons. The van der Waals surface area contributed by atoms with Crippen LogP contribution in [0.4, 0.5) is 0 Å². The Morgan fingerprint density at radius 3 is 2.11 bits per heavy atom. The van der Waals surface area contributed by atoms with E-state index in [9.17, 15) is 9.90 Å². The molecule has 0 aliphatic rings. The zero-order chi connectivity index (χ0) is 14.6. The standard InChI is InChI=1S/C13H28N2O3/c1-12(2,3)10(11(14)17)15-7-9(16)8-18-13(4,5)6/h9-10,15-16H,7-8H2,1-6H3,(H2,14,17)/t9?,10-/m1/s1. The maximum atomic E-state index is 11.3. The topological polar surface area (TPSA) is 84.6 Å². The van der Waals surface area contributed by atoms with Crippen LogP contribution in [0.3, 0.4) is 0 Å². The van der Waals surface area contributed by atoms with Gasteiger partial charge in [-0.1, -0.05) is 20.8 Å². The number of hydrogen-bond donors (Lipinski definition) is 3. The smallest absolute Gasteiger partial charge is 0.235 e. The molecule has 2 atom stereocenters. The Hall–Kier alpha value is -0.650. The van der Waals surface area contributed by atoms with Gasteiger partial charge in [-0.3, -0.25) is 4.79 Å². The lowest BCUT2D eigenvalue weighted by Crippen LogP contribution is -2.52. The van der Waals surface area contributed by atoms with Gasteiger partial charge in [0.25, 0.3) is 0 Å². The number of rotatable bonds is 6. The molecular weight excluding hydrogens is 232 g/mol. The first kappa shape index (κ1) is 17.4. The molecular formula is C13H28N2O3. The molecule has 0 heterocycles. The highest BCUT2D eigenvalue weighted by Gasteiger charge is 2.29. The first-order valence-corrected chi connectivity index (χ1v) is 6.28. The first-order valence-electron chi connectivity index (χ1n) is 6.28. The molecule has 108 valence electrons. The number of ether oxygens (including phenoxy) is 1. The highest BCUT2D eigenvalue weighted by Crippen LogP contribution is 2.18. The van der Waals surface area contributed by atoms with Crippen molar-refractivity contribution in [2.75, 3.05) is 13.2 Å². The van der Waals surface area contributed by atoms with Crippen LogP contribution in [0.1, 0.15) is 41.5 Å². The Balaban J connectivity index is 4.17. The van der Waals surface area contributed by atoms with Gasteiger partial charge in [0, 0.05) is 6.54 Å². The lowest BCUT2D eigenvalue weighted by molar-refractivity contribution is -0.122. The summed E-state index contributed by atoms with van der Waals surface area (Å²) in [5, 5.41) is 12.8. The van der Waals surface area contributed by atoms with Crippen LogP contribution in [-0.4, -0.2) is 41.9 Å². The zero-order valence-corrected chi connectivity index (χ0v) is 12.4. The van der Waals surface area contributed by atoms with Gasteiger partial charge in [-0.25, -0.2) is 0 Å². The van der Waals surface area contributed by atoms with Gasteiger partial charge in [-0.15, -0.1) is 0 Å². The summed E-state index contributed by atoms with van der Waals surface area (Å²) in [5.41, 5.74) is 4.77. The van der Waals surface area contributed by atoms with Crippen LogP contribution in [0.5, 0.6) is 0 Å². The molecule has 18 heavy (non-hydrogen) atoms. The van der Waals surface area contributed by atoms with Crippen molar-refractivity contribution < 1.29 is 14.6 Å². The molecule has 0 rings (SSSR count). The number of aliphatic hydroxyl groups is 1. The Labute approximate surface area is 110 Å². The molecule has 5 nitrogen and oxygen atoms in total. The number of hydrogen-bond acceptors (Lipinski definition) is 4. The van der Waals surface area contributed by atoms with E-state index in [0.29, 0.717) is 0 Å². The molecule has 0 aliphatic carbocycles. The number of aliphatic hydroxyl groups excluding tert-OH is 1. The molecule has 1 unspecified atom stereocenters. The molecule has 0 saturated carbocycles. The van der Waals surface area contributed by atoms with Crippen molar-refractivity contribution in [3.8, 4) is 0 Å². The number of primary amides is 1. The lowest BCUT2D eigenvalue weighted by atomic mass is 9.86. The second kappa shape index (κ2) is 6.50. The summed E-state index contributed by atoms with van der Waals surface area (Å²) in [4.78, 5) is 11.3. The van der Waals surface area contributed by atoms with Crippen molar-refractivity contribution in [2.45, 2.75) is 59.3 Å². The van der Waals surface area contributed by atoms with Gasteiger partial charge in [-0.2, -0.15) is 0 Å². The van der Waals surface area contributed by atoms with Crippen LogP contribution in [0.25, 0.3) is 0 Å². The van der Waals surface area contributed by atoms with E-state index < -0.39 is 18.1 Å². The molecule has 0 aromatic carbocycles. The predicted octanol–water partition coefficient (Wildman–Crippen LogP) is 0.652. The maximum absolute atomic E-state index is 11.3. The van der Waals surface area contributed by atoms with E-state index in [1.54, 1.807) is 0 Å². The van der Waals surface area contributed by atoms with Crippen LogP contribution < -0.4 is 11.1 Å². The summed E-state index contributed by atoms with van der Waals surface area (Å²) in [5.74, 6) is -0.411. The average molecular weight is 260 g/mol. The Kier molecular flexibility index (Phi) is 6.26. The van der Waals surface area contributed by atoms with Crippen LogP contribution >= 0.6 is 0 Å². The first-order chi connectivity index (χ1) is 7.93. The number of nitrogens with two attached hydrogens (primary N) is 1. The molecule has 0 aromatic rings. The van der Waals surface area contributed by atoms with Crippen molar-refractivity contribution in [3.63, 3.8) is 0 Å². The fraction of sp³-hybridized carbons (Fsp3) is 0.923. The van der Waals surface area contributed by atoms with Gasteiger partial charge in [0.2, 0.25) is 5.91 Å². The van der Waals surface area contributed by atoms with Gasteiger partial charge in [0.1, 0.15) is 0 Å². The second-order valence-electron chi connectivity index (χ2n) is 6.69. The lowest BCUT2D eigenvalue weighted by Gasteiger charge is -2.30. The monoisotopic (exact) mass is 260 g/mol. The third-order valence-corrected chi connectivity index (χ3v) is 2.42. The Bertz CT molecular complexity index is 266. The van der Waals surface area contributed by atoms with Crippen molar-refractivity contribution >= 4 is 5.91 Å². The summed E-state index contributed by atoms with van der Waals surface area (Å²) in [6.07, 6.45) is -0.659. The summed E-state index contributed by atoms with van der Waals surface area (Å²) < 4.78 is 5.46. The molecule has 0 aliphatic heterocycles. The second-order valence-corrected chi connectivity index (χ2v) is 6.69. The minimum absolute atomic E-state index is 0.228. The Morgan fingerprint density at radius 1 is 1.28 bits per heavy atom. The molecule has 0 aromatic heterocycles. The van der Waals surface area contributed by atoms with Crippen molar-refractivity contribution in [1.29, 1.82) is 0 Å².